The molecule has 160 valence electrons. The molecule has 2 N–H and O–H groups in total. The Morgan fingerprint density at radius 3 is 2.62 bits per heavy atom. The van der Waals surface area contributed by atoms with E-state index in [1.807, 2.05) is 42.5 Å². The zero-order valence-corrected chi connectivity index (χ0v) is 19.0. The van der Waals surface area contributed by atoms with Crippen LogP contribution in [0, 0.1) is 11.8 Å². The fraction of sp³-hybridized carbons (Fsp3) is 0.174. The highest BCUT2D eigenvalue weighted by Gasteiger charge is 2.53. The summed E-state index contributed by atoms with van der Waals surface area (Å²) in [5.41, 5.74) is 2.33. The summed E-state index contributed by atoms with van der Waals surface area (Å²) >= 11 is 4.34. The molecule has 1 aromatic carbocycles. The van der Waals surface area contributed by atoms with Gasteiger partial charge in [0.25, 0.3) is 0 Å². The zero-order valence-electron chi connectivity index (χ0n) is 16.6. The quantitative estimate of drug-likeness (QED) is 0.359. The first-order valence-electron chi connectivity index (χ1n) is 9.74. The van der Waals surface area contributed by atoms with Gasteiger partial charge in [-0.15, -0.1) is 34.0 Å². The van der Waals surface area contributed by atoms with Crippen molar-refractivity contribution in [3.63, 3.8) is 0 Å². The van der Waals surface area contributed by atoms with Gasteiger partial charge in [-0.3, -0.25) is 10.1 Å². The summed E-state index contributed by atoms with van der Waals surface area (Å²) in [5.74, 6) is 5.38. The standard InChI is InChI=1S/C23H16N2O4S3/c26-21(27)23(8-9-23)19-11-18-17(32-19)10-15(31-18)6-7-16-20(30-13-24-16)25-22(28)29-12-14-4-2-1-3-5-14/h1-5,10-11,13H,8-9,12H2,(H,25,28)(H,26,27). The van der Waals surface area contributed by atoms with Crippen molar-refractivity contribution in [1.82, 2.24) is 4.98 Å². The van der Waals surface area contributed by atoms with Crippen molar-refractivity contribution in [1.29, 1.82) is 0 Å². The molecule has 1 aliphatic carbocycles. The minimum Gasteiger partial charge on any atom is -0.481 e. The molecule has 1 amide bonds. The average Bonchev–Trinajstić information content (AvgIpc) is 3.11. The van der Waals surface area contributed by atoms with Crippen LogP contribution < -0.4 is 5.32 Å². The Kier molecular flexibility index (Phi) is 5.43. The fourth-order valence-electron chi connectivity index (χ4n) is 3.22. The first-order valence-corrected chi connectivity index (χ1v) is 12.3. The summed E-state index contributed by atoms with van der Waals surface area (Å²) < 4.78 is 7.34. The number of thiophene rings is 2. The number of carbonyl (C=O) groups is 2. The van der Waals surface area contributed by atoms with Crippen LogP contribution in [0.2, 0.25) is 0 Å². The van der Waals surface area contributed by atoms with Crippen LogP contribution in [0.4, 0.5) is 9.80 Å². The number of benzene rings is 1. The van der Waals surface area contributed by atoms with Crippen molar-refractivity contribution in [3.8, 4) is 11.8 Å². The molecule has 1 saturated carbocycles. The van der Waals surface area contributed by atoms with Crippen molar-refractivity contribution >= 4 is 60.5 Å². The van der Waals surface area contributed by atoms with Gasteiger partial charge in [-0.05, 0) is 42.4 Å². The Labute approximate surface area is 195 Å². The van der Waals surface area contributed by atoms with E-state index in [2.05, 4.69) is 22.1 Å². The molecule has 0 aliphatic heterocycles. The lowest BCUT2D eigenvalue weighted by Crippen LogP contribution is -2.17. The Morgan fingerprint density at radius 1 is 1.12 bits per heavy atom. The number of hydrogen-bond donors (Lipinski definition) is 2. The topological polar surface area (TPSA) is 88.5 Å². The van der Waals surface area contributed by atoms with E-state index in [9.17, 15) is 14.7 Å². The number of amides is 1. The normalized spacial score (nSPS) is 13.9. The first kappa shape index (κ1) is 20.7. The lowest BCUT2D eigenvalue weighted by atomic mass is 10.1. The third-order valence-corrected chi connectivity index (χ3v) is 8.29. The summed E-state index contributed by atoms with van der Waals surface area (Å²) in [6.45, 7) is 0.184. The van der Waals surface area contributed by atoms with Crippen LogP contribution in [0.1, 0.15) is 33.9 Å². The van der Waals surface area contributed by atoms with Gasteiger partial charge in [0, 0.05) is 14.3 Å². The SMILES string of the molecule is O=C(Nc1scnc1C#Cc1cc2sc(C3(C(=O)O)CC3)cc2s1)OCc1ccccc1. The molecule has 0 radical (unpaired) electrons. The van der Waals surface area contributed by atoms with Gasteiger partial charge < -0.3 is 9.84 Å². The van der Waals surface area contributed by atoms with E-state index in [4.69, 9.17) is 4.74 Å². The second-order valence-electron chi connectivity index (χ2n) is 7.30. The monoisotopic (exact) mass is 480 g/mol. The Bertz CT molecular complexity index is 1340. The molecule has 3 aromatic heterocycles. The number of fused-ring (bicyclic) bond motifs is 1. The molecule has 4 aromatic rings. The lowest BCUT2D eigenvalue weighted by molar-refractivity contribution is -0.139. The van der Waals surface area contributed by atoms with Crippen molar-refractivity contribution in [2.75, 3.05) is 5.32 Å². The van der Waals surface area contributed by atoms with E-state index < -0.39 is 17.5 Å². The predicted octanol–water partition coefficient (Wildman–Crippen LogP) is 5.68. The maximum atomic E-state index is 12.1. The molecule has 5 rings (SSSR count). The average molecular weight is 481 g/mol. The number of aromatic nitrogens is 1. The van der Waals surface area contributed by atoms with E-state index in [1.165, 1.54) is 34.0 Å². The first-order chi connectivity index (χ1) is 15.5. The third-order valence-electron chi connectivity index (χ3n) is 5.14. The molecular formula is C23H16N2O4S3. The molecule has 3 heterocycles. The highest BCUT2D eigenvalue weighted by atomic mass is 32.1. The van der Waals surface area contributed by atoms with Gasteiger partial charge in [-0.25, -0.2) is 9.78 Å². The smallest absolute Gasteiger partial charge is 0.412 e. The van der Waals surface area contributed by atoms with Crippen molar-refractivity contribution in [3.05, 3.63) is 69.0 Å². The van der Waals surface area contributed by atoms with Crippen molar-refractivity contribution < 1.29 is 19.4 Å². The summed E-state index contributed by atoms with van der Waals surface area (Å²) in [7, 11) is 0. The molecule has 6 nitrogen and oxygen atoms in total. The van der Waals surface area contributed by atoms with Gasteiger partial charge in [0.15, 0.2) is 0 Å². The number of aliphatic carboxylic acids is 1. The largest absolute Gasteiger partial charge is 0.481 e. The number of anilines is 1. The number of carbonyl (C=O) groups excluding carboxylic acids is 1. The number of thiazole rings is 1. The highest BCUT2D eigenvalue weighted by molar-refractivity contribution is 7.28. The van der Waals surface area contributed by atoms with Gasteiger partial charge in [-0.1, -0.05) is 30.3 Å². The molecule has 32 heavy (non-hydrogen) atoms. The molecule has 1 fully saturated rings. The number of nitrogens with one attached hydrogen (secondary N) is 1. The van der Waals surface area contributed by atoms with Gasteiger partial charge >= 0.3 is 12.1 Å². The number of hydrogen-bond acceptors (Lipinski definition) is 7. The van der Waals surface area contributed by atoms with Crippen LogP contribution >= 0.6 is 34.0 Å². The maximum Gasteiger partial charge on any atom is 0.412 e. The molecule has 0 atom stereocenters. The molecule has 0 unspecified atom stereocenters. The van der Waals surface area contributed by atoms with E-state index in [-0.39, 0.29) is 6.61 Å². The Hall–Kier alpha value is -3.19. The molecule has 0 saturated heterocycles. The van der Waals surface area contributed by atoms with Gasteiger partial charge in [0.2, 0.25) is 0 Å². The van der Waals surface area contributed by atoms with Crippen LogP contribution in [0.3, 0.4) is 0 Å². The van der Waals surface area contributed by atoms with E-state index in [0.717, 1.165) is 24.7 Å². The summed E-state index contributed by atoms with van der Waals surface area (Å²) in [6.07, 6.45) is 0.851. The van der Waals surface area contributed by atoms with Gasteiger partial charge in [0.1, 0.15) is 22.7 Å². The second-order valence-corrected chi connectivity index (χ2v) is 10.3. The number of nitrogens with zero attached hydrogens (tertiary/aromatic N) is 1. The lowest BCUT2D eigenvalue weighted by Gasteiger charge is -2.05. The van der Waals surface area contributed by atoms with Crippen LogP contribution in [-0.2, 0) is 21.6 Å². The summed E-state index contributed by atoms with van der Waals surface area (Å²) in [4.78, 5) is 29.7. The number of ether oxygens (including phenoxy) is 1. The van der Waals surface area contributed by atoms with E-state index in [0.29, 0.717) is 23.5 Å². The number of carboxylic acids is 1. The highest BCUT2D eigenvalue weighted by Crippen LogP contribution is 2.52. The zero-order chi connectivity index (χ0) is 22.1. The summed E-state index contributed by atoms with van der Waals surface area (Å²) in [5, 5.41) is 12.7. The number of rotatable bonds is 5. The van der Waals surface area contributed by atoms with Crippen molar-refractivity contribution in [2.24, 2.45) is 0 Å². The van der Waals surface area contributed by atoms with Gasteiger partial charge in [0.05, 0.1) is 10.4 Å². The van der Waals surface area contributed by atoms with Crippen LogP contribution in [0.25, 0.3) is 9.40 Å². The maximum absolute atomic E-state index is 12.1. The van der Waals surface area contributed by atoms with Crippen LogP contribution in [0.15, 0.2) is 48.0 Å². The molecule has 9 heteroatoms. The minimum absolute atomic E-state index is 0.184. The molecule has 1 aliphatic rings. The Balaban J connectivity index is 1.26. The van der Waals surface area contributed by atoms with Crippen molar-refractivity contribution in [2.45, 2.75) is 24.9 Å². The summed E-state index contributed by atoms with van der Waals surface area (Å²) in [6, 6.07) is 13.4. The van der Waals surface area contributed by atoms with Gasteiger partial charge in [-0.2, -0.15) is 0 Å². The van der Waals surface area contributed by atoms with E-state index >= 15 is 0 Å². The molecular weight excluding hydrogens is 464 g/mol. The predicted molar refractivity (Wildman–Crippen MR) is 127 cm³/mol. The second kappa shape index (κ2) is 8.39. The van der Waals surface area contributed by atoms with E-state index in [1.54, 1.807) is 5.51 Å². The fourth-order valence-corrected chi connectivity index (χ4v) is 6.33. The Morgan fingerprint density at radius 2 is 1.91 bits per heavy atom. The third kappa shape index (κ3) is 4.12. The minimum atomic E-state index is -0.739. The van der Waals surface area contributed by atoms with Crippen LogP contribution in [0.5, 0.6) is 0 Å². The van der Waals surface area contributed by atoms with Crippen LogP contribution in [-0.4, -0.2) is 22.2 Å². The molecule has 0 spiro atoms. The number of carboxylic acid groups (broad SMARTS) is 1. The molecule has 0 bridgehead atoms.